The quantitative estimate of drug-likeness (QED) is 0.807. The molecule has 0 spiro atoms. The highest BCUT2D eigenvalue weighted by atomic mass is 15.2. The zero-order valence-electron chi connectivity index (χ0n) is 15.5. The highest BCUT2D eigenvalue weighted by Crippen LogP contribution is 2.40. The van der Waals surface area contributed by atoms with Crippen LogP contribution in [-0.2, 0) is 0 Å². The average Bonchev–Trinajstić information content (AvgIpc) is 2.97. The van der Waals surface area contributed by atoms with Crippen molar-refractivity contribution in [2.24, 2.45) is 11.3 Å². The van der Waals surface area contributed by atoms with Crippen LogP contribution in [-0.4, -0.2) is 28.8 Å². The van der Waals surface area contributed by atoms with E-state index in [1.165, 1.54) is 12.6 Å². The Balaban J connectivity index is 1.82. The minimum absolute atomic E-state index is 0.297. The molecule has 2 N–H and O–H groups in total. The molecular formula is C20H27N5. The molecule has 0 saturated carbocycles. The van der Waals surface area contributed by atoms with Crippen molar-refractivity contribution in [1.29, 1.82) is 5.41 Å². The lowest BCUT2D eigenvalue weighted by Crippen LogP contribution is -2.35. The topological polar surface area (TPSA) is 64.9 Å². The van der Waals surface area contributed by atoms with E-state index in [0.29, 0.717) is 17.4 Å². The van der Waals surface area contributed by atoms with Crippen molar-refractivity contribution in [2.75, 3.05) is 16.8 Å². The number of hydrogen-bond acceptors (Lipinski definition) is 5. The van der Waals surface area contributed by atoms with Crippen molar-refractivity contribution >= 4 is 23.5 Å². The molecule has 5 nitrogen and oxygen atoms in total. The number of para-hydroxylation sites is 1. The summed E-state index contributed by atoms with van der Waals surface area (Å²) in [5, 5.41) is 10.8. The second kappa shape index (κ2) is 6.82. The Hall–Kier alpha value is -2.43. The maximum atomic E-state index is 7.53. The van der Waals surface area contributed by atoms with Crippen molar-refractivity contribution in [1.82, 2.24) is 9.97 Å². The maximum absolute atomic E-state index is 7.53. The first kappa shape index (κ1) is 17.4. The van der Waals surface area contributed by atoms with Gasteiger partial charge in [-0.15, -0.1) is 0 Å². The number of nitrogens with zero attached hydrogens (tertiary/aromatic N) is 3. The number of rotatable bonds is 4. The van der Waals surface area contributed by atoms with Crippen LogP contribution in [0.15, 0.2) is 36.7 Å². The van der Waals surface area contributed by atoms with Crippen LogP contribution >= 0.6 is 0 Å². The third kappa shape index (κ3) is 3.65. The van der Waals surface area contributed by atoms with Gasteiger partial charge in [-0.1, -0.05) is 39.0 Å². The van der Waals surface area contributed by atoms with Crippen molar-refractivity contribution in [3.8, 4) is 0 Å². The largest absolute Gasteiger partial charge is 0.353 e. The molecule has 2 heterocycles. The number of nitrogens with one attached hydrogen (secondary N) is 2. The molecule has 2 atom stereocenters. The van der Waals surface area contributed by atoms with Gasteiger partial charge < -0.3 is 15.6 Å². The summed E-state index contributed by atoms with van der Waals surface area (Å²) in [6.07, 6.45) is 4.15. The Labute approximate surface area is 150 Å². The van der Waals surface area contributed by atoms with Crippen LogP contribution in [0.25, 0.3) is 0 Å². The lowest BCUT2D eigenvalue weighted by Gasteiger charge is -2.33. The molecule has 0 radical (unpaired) electrons. The number of aromatic nitrogens is 2. The molecule has 1 fully saturated rings. The van der Waals surface area contributed by atoms with Crippen molar-refractivity contribution < 1.29 is 0 Å². The molecule has 3 rings (SSSR count). The molecule has 2 aromatic rings. The number of anilines is 3. The summed E-state index contributed by atoms with van der Waals surface area (Å²) in [6.45, 7) is 10.3. The highest BCUT2D eigenvalue weighted by molar-refractivity contribution is 5.87. The fourth-order valence-corrected chi connectivity index (χ4v) is 3.87. The van der Waals surface area contributed by atoms with E-state index in [-0.39, 0.29) is 0 Å². The van der Waals surface area contributed by atoms with Crippen molar-refractivity contribution in [3.63, 3.8) is 0 Å². The zero-order chi connectivity index (χ0) is 18.0. The summed E-state index contributed by atoms with van der Waals surface area (Å²) >= 11 is 0. The van der Waals surface area contributed by atoms with E-state index in [0.717, 1.165) is 29.4 Å². The standard InChI is InChI=1S/C20H27N5/c1-14-16(20(2,3)4)9-10-25(14)19-11-18(22-13-23-19)24-17-8-6-5-7-15(17)12-21/h5-8,11-14,16,21H,9-10H2,1-4H3,(H,22,23,24). The van der Waals surface area contributed by atoms with E-state index in [1.807, 2.05) is 30.3 Å². The van der Waals surface area contributed by atoms with Gasteiger partial charge in [-0.3, -0.25) is 0 Å². The molecule has 0 aliphatic carbocycles. The Bertz CT molecular complexity index is 750. The van der Waals surface area contributed by atoms with E-state index in [1.54, 1.807) is 6.33 Å². The van der Waals surface area contributed by atoms with E-state index in [2.05, 4.69) is 47.9 Å². The van der Waals surface area contributed by atoms with Gasteiger partial charge >= 0.3 is 0 Å². The van der Waals surface area contributed by atoms with Crippen molar-refractivity contribution in [2.45, 2.75) is 40.2 Å². The summed E-state index contributed by atoms with van der Waals surface area (Å²) in [5.41, 5.74) is 2.01. The Kier molecular flexibility index (Phi) is 4.75. The molecule has 5 heteroatoms. The first-order chi connectivity index (χ1) is 11.9. The summed E-state index contributed by atoms with van der Waals surface area (Å²) < 4.78 is 0. The van der Waals surface area contributed by atoms with Crippen LogP contribution in [0.3, 0.4) is 0 Å². The first-order valence-electron chi connectivity index (χ1n) is 8.85. The van der Waals surface area contributed by atoms with Crippen molar-refractivity contribution in [3.05, 3.63) is 42.2 Å². The van der Waals surface area contributed by atoms with Gasteiger partial charge in [0, 0.05) is 36.1 Å². The molecule has 1 saturated heterocycles. The minimum Gasteiger partial charge on any atom is -0.353 e. The molecule has 1 aliphatic rings. The summed E-state index contributed by atoms with van der Waals surface area (Å²) in [7, 11) is 0. The molecule has 1 aliphatic heterocycles. The van der Waals surface area contributed by atoms with Gasteiger partial charge in [0.05, 0.1) is 0 Å². The molecule has 2 unspecified atom stereocenters. The highest BCUT2D eigenvalue weighted by Gasteiger charge is 2.38. The van der Waals surface area contributed by atoms with Crippen LogP contribution in [0.5, 0.6) is 0 Å². The van der Waals surface area contributed by atoms with Gasteiger partial charge in [-0.05, 0) is 30.7 Å². The Morgan fingerprint density at radius 3 is 2.68 bits per heavy atom. The molecule has 25 heavy (non-hydrogen) atoms. The smallest absolute Gasteiger partial charge is 0.135 e. The predicted molar refractivity (Wildman–Crippen MR) is 104 cm³/mol. The molecule has 0 amide bonds. The van der Waals surface area contributed by atoms with E-state index in [9.17, 15) is 0 Å². The second-order valence-corrected chi connectivity index (χ2v) is 7.81. The molecule has 1 aromatic carbocycles. The van der Waals surface area contributed by atoms with E-state index >= 15 is 0 Å². The van der Waals surface area contributed by atoms with Crippen LogP contribution in [0.4, 0.5) is 17.3 Å². The second-order valence-electron chi connectivity index (χ2n) is 7.81. The lowest BCUT2D eigenvalue weighted by molar-refractivity contribution is 0.230. The monoisotopic (exact) mass is 337 g/mol. The molecule has 1 aromatic heterocycles. The average molecular weight is 337 g/mol. The number of benzene rings is 1. The van der Waals surface area contributed by atoms with Gasteiger partial charge in [0.25, 0.3) is 0 Å². The number of hydrogen-bond donors (Lipinski definition) is 2. The maximum Gasteiger partial charge on any atom is 0.135 e. The first-order valence-corrected chi connectivity index (χ1v) is 8.85. The van der Waals surface area contributed by atoms with Gasteiger partial charge in [0.2, 0.25) is 0 Å². The van der Waals surface area contributed by atoms with Gasteiger partial charge in [-0.25, -0.2) is 9.97 Å². The molecule has 132 valence electrons. The summed E-state index contributed by atoms with van der Waals surface area (Å²) in [4.78, 5) is 11.2. The zero-order valence-corrected chi connectivity index (χ0v) is 15.5. The van der Waals surface area contributed by atoms with Gasteiger partial charge in [-0.2, -0.15) is 0 Å². The summed E-state index contributed by atoms with van der Waals surface area (Å²) in [5.74, 6) is 2.37. The fourth-order valence-electron chi connectivity index (χ4n) is 3.87. The third-order valence-electron chi connectivity index (χ3n) is 5.19. The van der Waals surface area contributed by atoms with Crippen LogP contribution < -0.4 is 10.2 Å². The van der Waals surface area contributed by atoms with E-state index in [4.69, 9.17) is 5.41 Å². The van der Waals surface area contributed by atoms with E-state index < -0.39 is 0 Å². The van der Waals surface area contributed by atoms with Gasteiger partial charge in [0.1, 0.15) is 18.0 Å². The predicted octanol–water partition coefficient (Wildman–Crippen LogP) is 4.48. The fraction of sp³-hybridized carbons (Fsp3) is 0.450. The van der Waals surface area contributed by atoms with Crippen LogP contribution in [0.1, 0.15) is 39.7 Å². The van der Waals surface area contributed by atoms with Gasteiger partial charge in [0.15, 0.2) is 0 Å². The molecule has 0 bridgehead atoms. The summed E-state index contributed by atoms with van der Waals surface area (Å²) in [6, 6.07) is 10.2. The Morgan fingerprint density at radius 1 is 1.24 bits per heavy atom. The normalized spacial score (nSPS) is 20.6. The Morgan fingerprint density at radius 2 is 2.00 bits per heavy atom. The lowest BCUT2D eigenvalue weighted by atomic mass is 9.77. The molecular weight excluding hydrogens is 310 g/mol. The minimum atomic E-state index is 0.297. The van der Waals surface area contributed by atoms with Crippen LogP contribution in [0.2, 0.25) is 0 Å². The van der Waals surface area contributed by atoms with Crippen LogP contribution in [0, 0.1) is 16.7 Å². The third-order valence-corrected chi connectivity index (χ3v) is 5.19. The SMILES string of the molecule is CC1C(C(C)(C)C)CCN1c1cc(Nc2ccccc2C=N)ncn1.